The maximum Gasteiger partial charge on any atom is 0.260 e. The lowest BCUT2D eigenvalue weighted by atomic mass is 10.1. The van der Waals surface area contributed by atoms with Crippen LogP contribution in [0.2, 0.25) is 0 Å². The number of hydrogen-bond donors (Lipinski definition) is 1. The van der Waals surface area contributed by atoms with Crippen LogP contribution >= 0.6 is 0 Å². The number of aromatic nitrogens is 2. The molecule has 0 bridgehead atoms. The zero-order valence-corrected chi connectivity index (χ0v) is 10.8. The Kier molecular flexibility index (Phi) is 3.45. The van der Waals surface area contributed by atoms with Crippen molar-refractivity contribution >= 4 is 0 Å². The summed E-state index contributed by atoms with van der Waals surface area (Å²) in [6, 6.07) is 1.99. The third kappa shape index (κ3) is 2.41. The van der Waals surface area contributed by atoms with Gasteiger partial charge < -0.3 is 14.6 Å². The van der Waals surface area contributed by atoms with E-state index in [1.165, 1.54) is 6.07 Å². The van der Waals surface area contributed by atoms with E-state index in [0.717, 1.165) is 6.07 Å². The third-order valence-electron chi connectivity index (χ3n) is 3.15. The van der Waals surface area contributed by atoms with Crippen LogP contribution in [-0.2, 0) is 4.74 Å². The van der Waals surface area contributed by atoms with Gasteiger partial charge in [-0.05, 0) is 18.6 Å². The summed E-state index contributed by atoms with van der Waals surface area (Å²) in [5, 5.41) is 6.99. The highest BCUT2D eigenvalue weighted by Crippen LogP contribution is 2.25. The monoisotopic (exact) mass is 281 g/mol. The lowest BCUT2D eigenvalue weighted by Gasteiger charge is -2.20. The van der Waals surface area contributed by atoms with Gasteiger partial charge in [0.1, 0.15) is 11.6 Å². The fraction of sp³-hybridized carbons (Fsp3) is 0.385. The van der Waals surface area contributed by atoms with E-state index in [4.69, 9.17) is 9.26 Å². The normalized spacial score (nSPS) is 19.2. The average Bonchev–Trinajstić information content (AvgIpc) is 2.93. The molecule has 0 saturated carbocycles. The van der Waals surface area contributed by atoms with E-state index in [2.05, 4.69) is 15.5 Å². The van der Waals surface area contributed by atoms with Gasteiger partial charge in [-0.1, -0.05) is 5.16 Å². The molecule has 1 aromatic heterocycles. The highest BCUT2D eigenvalue weighted by Gasteiger charge is 2.22. The van der Waals surface area contributed by atoms with Gasteiger partial charge in [-0.25, -0.2) is 8.78 Å². The minimum Gasteiger partial charge on any atom is -0.378 e. The molecule has 20 heavy (non-hydrogen) atoms. The smallest absolute Gasteiger partial charge is 0.260 e. The maximum absolute atomic E-state index is 13.8. The minimum absolute atomic E-state index is 0.0352. The highest BCUT2D eigenvalue weighted by atomic mass is 19.1. The number of aryl methyl sites for hydroxylation is 1. The topological polar surface area (TPSA) is 60.2 Å². The van der Waals surface area contributed by atoms with Crippen LogP contribution < -0.4 is 5.32 Å². The summed E-state index contributed by atoms with van der Waals surface area (Å²) >= 11 is 0. The number of nitrogens with zero attached hydrogens (tertiary/aromatic N) is 2. The highest BCUT2D eigenvalue weighted by molar-refractivity contribution is 5.55. The predicted octanol–water partition coefficient (Wildman–Crippen LogP) is 1.98. The van der Waals surface area contributed by atoms with Gasteiger partial charge in [-0.2, -0.15) is 4.98 Å². The molecule has 2 heterocycles. The molecule has 2 aromatic rings. The van der Waals surface area contributed by atoms with Crippen molar-refractivity contribution in [2.45, 2.75) is 13.0 Å². The summed E-state index contributed by atoms with van der Waals surface area (Å²) in [7, 11) is 0. The van der Waals surface area contributed by atoms with Crippen molar-refractivity contribution in [3.63, 3.8) is 0 Å². The number of hydrogen-bond acceptors (Lipinski definition) is 5. The molecule has 1 saturated heterocycles. The quantitative estimate of drug-likeness (QED) is 0.912. The zero-order valence-electron chi connectivity index (χ0n) is 10.8. The van der Waals surface area contributed by atoms with Crippen LogP contribution in [0.25, 0.3) is 11.5 Å². The van der Waals surface area contributed by atoms with Gasteiger partial charge in [0.15, 0.2) is 5.82 Å². The molecule has 1 fully saturated rings. The number of benzene rings is 1. The van der Waals surface area contributed by atoms with Crippen LogP contribution in [0.5, 0.6) is 0 Å². The fourth-order valence-corrected chi connectivity index (χ4v) is 2.04. The first-order valence-corrected chi connectivity index (χ1v) is 6.26. The average molecular weight is 281 g/mol. The fourth-order valence-electron chi connectivity index (χ4n) is 2.04. The Morgan fingerprint density at radius 2 is 2.15 bits per heavy atom. The summed E-state index contributed by atoms with van der Waals surface area (Å²) in [6.07, 6.45) is 0. The van der Waals surface area contributed by atoms with Gasteiger partial charge in [-0.15, -0.1) is 0 Å². The van der Waals surface area contributed by atoms with Gasteiger partial charge in [0.2, 0.25) is 0 Å². The molecular formula is C13H13F2N3O2. The van der Waals surface area contributed by atoms with Crippen LogP contribution in [0, 0.1) is 18.6 Å². The van der Waals surface area contributed by atoms with E-state index in [1.807, 2.05) is 0 Å². The van der Waals surface area contributed by atoms with Crippen molar-refractivity contribution in [1.82, 2.24) is 15.5 Å². The van der Waals surface area contributed by atoms with Gasteiger partial charge >= 0.3 is 0 Å². The molecule has 0 amide bonds. The standard InChI is InChI=1S/C13H13F2N3O2/c1-7-4-8(10(15)5-9(7)14)13-17-12(18-20-13)11-6-19-3-2-16-11/h4-5,11,16H,2-3,6H2,1H3. The Morgan fingerprint density at radius 3 is 2.90 bits per heavy atom. The van der Waals surface area contributed by atoms with Crippen molar-refractivity contribution in [3.05, 3.63) is 35.2 Å². The minimum atomic E-state index is -0.726. The number of halogens is 2. The molecule has 1 aliphatic rings. The lowest BCUT2D eigenvalue weighted by molar-refractivity contribution is 0.0734. The molecule has 1 aliphatic heterocycles. The maximum atomic E-state index is 13.8. The molecule has 0 radical (unpaired) electrons. The van der Waals surface area contributed by atoms with Crippen molar-refractivity contribution in [3.8, 4) is 11.5 Å². The van der Waals surface area contributed by atoms with Crippen molar-refractivity contribution in [2.24, 2.45) is 0 Å². The van der Waals surface area contributed by atoms with Crippen LogP contribution in [0.1, 0.15) is 17.4 Å². The predicted molar refractivity (Wildman–Crippen MR) is 65.9 cm³/mol. The lowest BCUT2D eigenvalue weighted by Crippen LogP contribution is -2.35. The molecule has 106 valence electrons. The SMILES string of the molecule is Cc1cc(-c2nc(C3COCCN3)no2)c(F)cc1F. The van der Waals surface area contributed by atoms with E-state index < -0.39 is 11.6 Å². The first-order chi connectivity index (χ1) is 9.65. The van der Waals surface area contributed by atoms with E-state index in [0.29, 0.717) is 31.1 Å². The van der Waals surface area contributed by atoms with Crippen LogP contribution in [0.15, 0.2) is 16.7 Å². The van der Waals surface area contributed by atoms with Crippen molar-refractivity contribution < 1.29 is 18.0 Å². The second kappa shape index (κ2) is 5.26. The van der Waals surface area contributed by atoms with Gasteiger partial charge in [0.25, 0.3) is 5.89 Å². The summed E-state index contributed by atoms with van der Waals surface area (Å²) < 4.78 is 37.4. The van der Waals surface area contributed by atoms with Crippen molar-refractivity contribution in [1.29, 1.82) is 0 Å². The van der Waals surface area contributed by atoms with E-state index in [1.54, 1.807) is 6.92 Å². The van der Waals surface area contributed by atoms with Crippen LogP contribution in [0.4, 0.5) is 8.78 Å². The molecule has 1 aromatic carbocycles. The Morgan fingerprint density at radius 1 is 1.30 bits per heavy atom. The molecule has 0 aliphatic carbocycles. The Balaban J connectivity index is 1.91. The molecular weight excluding hydrogens is 268 g/mol. The Bertz CT molecular complexity index is 624. The molecule has 0 spiro atoms. The molecule has 1 N–H and O–H groups in total. The Hall–Kier alpha value is -1.86. The van der Waals surface area contributed by atoms with Crippen LogP contribution in [0.3, 0.4) is 0 Å². The molecule has 1 atom stereocenters. The third-order valence-corrected chi connectivity index (χ3v) is 3.15. The molecule has 3 rings (SSSR count). The zero-order chi connectivity index (χ0) is 14.1. The Labute approximate surface area is 113 Å². The second-order valence-corrected chi connectivity index (χ2v) is 4.62. The molecule has 5 nitrogen and oxygen atoms in total. The van der Waals surface area contributed by atoms with Crippen molar-refractivity contribution in [2.75, 3.05) is 19.8 Å². The second-order valence-electron chi connectivity index (χ2n) is 4.62. The molecule has 1 unspecified atom stereocenters. The number of nitrogens with one attached hydrogen (secondary N) is 1. The number of morpholine rings is 1. The van der Waals surface area contributed by atoms with Gasteiger partial charge in [-0.3, -0.25) is 0 Å². The first kappa shape index (κ1) is 13.1. The largest absolute Gasteiger partial charge is 0.378 e. The van der Waals surface area contributed by atoms with E-state index >= 15 is 0 Å². The number of rotatable bonds is 2. The van der Waals surface area contributed by atoms with Gasteiger partial charge in [0.05, 0.1) is 24.8 Å². The van der Waals surface area contributed by atoms with Gasteiger partial charge in [0, 0.05) is 12.6 Å². The summed E-state index contributed by atoms with van der Waals surface area (Å²) in [5.41, 5.74) is 0.416. The van der Waals surface area contributed by atoms with Crippen LogP contribution in [-0.4, -0.2) is 29.9 Å². The number of ether oxygens (including phenoxy) is 1. The summed E-state index contributed by atoms with van der Waals surface area (Å²) in [5.74, 6) is -0.890. The van der Waals surface area contributed by atoms with E-state index in [9.17, 15) is 8.78 Å². The summed E-state index contributed by atoms with van der Waals surface area (Å²) in [4.78, 5) is 4.15. The summed E-state index contributed by atoms with van der Waals surface area (Å²) in [6.45, 7) is 3.31. The molecule has 7 heteroatoms. The first-order valence-electron chi connectivity index (χ1n) is 6.26. The van der Waals surface area contributed by atoms with E-state index in [-0.39, 0.29) is 17.5 Å².